The number of hydrogen-bond donors (Lipinski definition) is 2. The maximum Gasteiger partial charge on any atom is 0.325 e. The summed E-state index contributed by atoms with van der Waals surface area (Å²) in [5, 5.41) is 8.86. The van der Waals surface area contributed by atoms with Gasteiger partial charge in [-0.1, -0.05) is 76.8 Å². The van der Waals surface area contributed by atoms with Crippen LogP contribution in [0.5, 0.6) is 5.75 Å². The van der Waals surface area contributed by atoms with Crippen molar-refractivity contribution >= 4 is 5.97 Å². The number of unbranched alkanes of at least 4 members (excludes halogenated alkanes) is 9. The number of benzene rings is 1. The molecule has 1 rings (SSSR count). The van der Waals surface area contributed by atoms with Crippen LogP contribution in [0.25, 0.3) is 0 Å². The van der Waals surface area contributed by atoms with Crippen LogP contribution in [0.4, 0.5) is 0 Å². The first-order valence-electron chi connectivity index (χ1n) is 9.36. The zero-order chi connectivity index (χ0) is 17.6. The van der Waals surface area contributed by atoms with Gasteiger partial charge < -0.3 is 15.6 Å². The van der Waals surface area contributed by atoms with Crippen LogP contribution < -0.4 is 10.5 Å². The summed E-state index contributed by atoms with van der Waals surface area (Å²) < 4.78 is 5.68. The molecule has 4 heteroatoms. The zero-order valence-electron chi connectivity index (χ0n) is 15.0. The minimum absolute atomic E-state index is 0.591. The summed E-state index contributed by atoms with van der Waals surface area (Å²) in [7, 11) is 0. The van der Waals surface area contributed by atoms with E-state index in [-0.39, 0.29) is 0 Å². The summed E-state index contributed by atoms with van der Waals surface area (Å²) in [5.74, 6) is -0.249. The van der Waals surface area contributed by atoms with Crippen LogP contribution in [-0.4, -0.2) is 17.7 Å². The number of nitrogens with two attached hydrogens (primary N) is 1. The van der Waals surface area contributed by atoms with Crippen LogP contribution in [0.3, 0.4) is 0 Å². The molecule has 0 fully saturated rings. The largest absolute Gasteiger partial charge is 0.494 e. The Labute approximate surface area is 146 Å². The van der Waals surface area contributed by atoms with E-state index in [1.165, 1.54) is 57.8 Å². The Bertz CT molecular complexity index is 445. The van der Waals surface area contributed by atoms with Crippen molar-refractivity contribution in [3.63, 3.8) is 0 Å². The fourth-order valence-electron chi connectivity index (χ4n) is 2.69. The monoisotopic (exact) mass is 335 g/mol. The molecule has 0 aliphatic carbocycles. The fraction of sp³-hybridized carbons (Fsp3) is 0.650. The number of rotatable bonds is 14. The highest BCUT2D eigenvalue weighted by atomic mass is 16.5. The van der Waals surface area contributed by atoms with Gasteiger partial charge in [-0.25, -0.2) is 0 Å². The fourth-order valence-corrected chi connectivity index (χ4v) is 2.69. The molecule has 0 aliphatic heterocycles. The zero-order valence-corrected chi connectivity index (χ0v) is 15.0. The van der Waals surface area contributed by atoms with E-state index in [4.69, 9.17) is 15.6 Å². The molecule has 0 aromatic heterocycles. The number of hydrogen-bond acceptors (Lipinski definition) is 3. The summed E-state index contributed by atoms with van der Waals surface area (Å²) in [4.78, 5) is 10.8. The van der Waals surface area contributed by atoms with Gasteiger partial charge in [0, 0.05) is 0 Å². The Morgan fingerprint density at radius 3 is 1.96 bits per heavy atom. The van der Waals surface area contributed by atoms with Crippen LogP contribution in [0.2, 0.25) is 0 Å². The molecule has 0 unspecified atom stereocenters. The van der Waals surface area contributed by atoms with Crippen molar-refractivity contribution in [3.8, 4) is 5.75 Å². The average Bonchev–Trinajstić information content (AvgIpc) is 2.59. The summed E-state index contributed by atoms with van der Waals surface area (Å²) in [6, 6.07) is 6.03. The Morgan fingerprint density at radius 1 is 0.958 bits per heavy atom. The van der Waals surface area contributed by atoms with E-state index in [9.17, 15) is 4.79 Å². The molecule has 24 heavy (non-hydrogen) atoms. The van der Waals surface area contributed by atoms with E-state index >= 15 is 0 Å². The first-order valence-corrected chi connectivity index (χ1v) is 9.36. The van der Waals surface area contributed by atoms with Crippen molar-refractivity contribution in [2.24, 2.45) is 5.73 Å². The molecule has 0 saturated heterocycles. The molecule has 0 saturated carbocycles. The molecule has 0 amide bonds. The normalized spacial score (nSPS) is 12.1. The van der Waals surface area contributed by atoms with Gasteiger partial charge >= 0.3 is 5.97 Å². The van der Waals surface area contributed by atoms with Crippen LogP contribution in [-0.2, 0) is 4.79 Å². The molecule has 1 aromatic carbocycles. The second kappa shape index (κ2) is 12.8. The number of carboxylic acid groups (broad SMARTS) is 1. The highest BCUT2D eigenvalue weighted by Crippen LogP contribution is 2.17. The molecule has 0 radical (unpaired) electrons. The average molecular weight is 335 g/mol. The standard InChI is InChI=1S/C20H33NO3/c1-2-3-4-5-6-7-8-9-10-11-16-24-18-14-12-17(13-15-18)19(21)20(22)23/h12-15,19H,2-11,16,21H2,1H3,(H,22,23)/t19-/m0/s1. The quantitative estimate of drug-likeness (QED) is 0.465. The van der Waals surface area contributed by atoms with Crippen LogP contribution >= 0.6 is 0 Å². The van der Waals surface area contributed by atoms with Crippen molar-refractivity contribution in [2.45, 2.75) is 77.2 Å². The summed E-state index contributed by atoms with van der Waals surface area (Å²) in [5.41, 5.74) is 6.15. The Balaban J connectivity index is 2.02. The number of carboxylic acids is 1. The van der Waals surface area contributed by atoms with Gasteiger partial charge in [0.15, 0.2) is 0 Å². The van der Waals surface area contributed by atoms with Crippen molar-refractivity contribution in [2.75, 3.05) is 6.61 Å². The van der Waals surface area contributed by atoms with E-state index in [1.807, 2.05) is 0 Å². The minimum atomic E-state index is -1.02. The molecule has 0 bridgehead atoms. The summed E-state index contributed by atoms with van der Waals surface area (Å²) in [6.45, 7) is 2.96. The van der Waals surface area contributed by atoms with E-state index in [0.717, 1.165) is 12.2 Å². The van der Waals surface area contributed by atoms with Crippen LogP contribution in [0, 0.1) is 0 Å². The van der Waals surface area contributed by atoms with Crippen molar-refractivity contribution < 1.29 is 14.6 Å². The lowest BCUT2D eigenvalue weighted by atomic mass is 10.1. The van der Waals surface area contributed by atoms with Crippen LogP contribution in [0.15, 0.2) is 24.3 Å². The molecule has 136 valence electrons. The predicted octanol–water partition coefficient (Wildman–Crippen LogP) is 5.07. The third kappa shape index (κ3) is 8.92. The highest BCUT2D eigenvalue weighted by Gasteiger charge is 2.13. The van der Waals surface area contributed by atoms with Gasteiger partial charge in [0.25, 0.3) is 0 Å². The molecule has 0 spiro atoms. The lowest BCUT2D eigenvalue weighted by molar-refractivity contribution is -0.138. The molecular formula is C20H33NO3. The molecule has 3 N–H and O–H groups in total. The van der Waals surface area contributed by atoms with Gasteiger partial charge in [-0.15, -0.1) is 0 Å². The topological polar surface area (TPSA) is 72.5 Å². The first-order chi connectivity index (χ1) is 11.6. The Hall–Kier alpha value is -1.55. The lowest BCUT2D eigenvalue weighted by Gasteiger charge is -2.09. The second-order valence-corrected chi connectivity index (χ2v) is 6.42. The number of ether oxygens (including phenoxy) is 1. The summed E-state index contributed by atoms with van der Waals surface area (Å²) >= 11 is 0. The Kier molecular flexibility index (Phi) is 10.9. The first kappa shape index (κ1) is 20.5. The third-order valence-corrected chi connectivity index (χ3v) is 4.27. The minimum Gasteiger partial charge on any atom is -0.494 e. The summed E-state index contributed by atoms with van der Waals surface area (Å²) in [6.07, 6.45) is 13.1. The van der Waals surface area contributed by atoms with Gasteiger partial charge in [-0.05, 0) is 24.1 Å². The van der Waals surface area contributed by atoms with Gasteiger partial charge in [-0.3, -0.25) is 4.79 Å². The van der Waals surface area contributed by atoms with E-state index in [0.29, 0.717) is 12.2 Å². The van der Waals surface area contributed by atoms with Gasteiger partial charge in [-0.2, -0.15) is 0 Å². The van der Waals surface area contributed by atoms with E-state index in [2.05, 4.69) is 6.92 Å². The molecular weight excluding hydrogens is 302 g/mol. The lowest BCUT2D eigenvalue weighted by Crippen LogP contribution is -2.20. The second-order valence-electron chi connectivity index (χ2n) is 6.42. The molecule has 4 nitrogen and oxygen atoms in total. The number of carbonyl (C=O) groups is 1. The van der Waals surface area contributed by atoms with Crippen molar-refractivity contribution in [1.29, 1.82) is 0 Å². The third-order valence-electron chi connectivity index (χ3n) is 4.27. The molecule has 0 heterocycles. The molecule has 1 atom stereocenters. The van der Waals surface area contributed by atoms with Crippen LogP contribution in [0.1, 0.15) is 82.7 Å². The van der Waals surface area contributed by atoms with Gasteiger partial charge in [0.2, 0.25) is 0 Å². The van der Waals surface area contributed by atoms with Crippen molar-refractivity contribution in [1.82, 2.24) is 0 Å². The van der Waals surface area contributed by atoms with Crippen molar-refractivity contribution in [3.05, 3.63) is 29.8 Å². The van der Waals surface area contributed by atoms with E-state index < -0.39 is 12.0 Å². The smallest absolute Gasteiger partial charge is 0.325 e. The number of aliphatic carboxylic acids is 1. The maximum atomic E-state index is 10.8. The molecule has 0 aliphatic rings. The highest BCUT2D eigenvalue weighted by molar-refractivity contribution is 5.75. The predicted molar refractivity (Wildman–Crippen MR) is 98.3 cm³/mol. The molecule has 1 aromatic rings. The Morgan fingerprint density at radius 2 is 1.46 bits per heavy atom. The van der Waals surface area contributed by atoms with Gasteiger partial charge in [0.1, 0.15) is 11.8 Å². The van der Waals surface area contributed by atoms with E-state index in [1.54, 1.807) is 24.3 Å². The van der Waals surface area contributed by atoms with Gasteiger partial charge in [0.05, 0.1) is 6.61 Å². The maximum absolute atomic E-state index is 10.8. The SMILES string of the molecule is CCCCCCCCCCCCOc1ccc([C@H](N)C(=O)O)cc1.